The maximum absolute atomic E-state index is 12.6. The highest BCUT2D eigenvalue weighted by Gasteiger charge is 2.14. The van der Waals surface area contributed by atoms with Gasteiger partial charge in [0.05, 0.1) is 18.2 Å². The number of aromatic amines is 1. The summed E-state index contributed by atoms with van der Waals surface area (Å²) < 4.78 is 5.16. The number of nitrogens with one attached hydrogen (secondary N) is 2. The van der Waals surface area contributed by atoms with Crippen LogP contribution in [0.5, 0.6) is 11.5 Å². The first-order chi connectivity index (χ1) is 13.5. The number of hydrogen-bond acceptors (Lipinski definition) is 4. The van der Waals surface area contributed by atoms with Crippen LogP contribution in [-0.4, -0.2) is 17.2 Å². The molecule has 0 radical (unpaired) electrons. The van der Waals surface area contributed by atoms with Gasteiger partial charge in [-0.05, 0) is 60.2 Å². The van der Waals surface area contributed by atoms with Crippen LogP contribution in [0.3, 0.4) is 0 Å². The molecule has 3 aromatic carbocycles. The lowest BCUT2D eigenvalue weighted by Crippen LogP contribution is -2.09. The molecular weight excluding hydrogens is 376 g/mol. The second-order valence-corrected chi connectivity index (χ2v) is 6.74. The third-order valence-electron chi connectivity index (χ3n) is 4.48. The van der Waals surface area contributed by atoms with E-state index in [0.29, 0.717) is 21.5 Å². The maximum atomic E-state index is 12.6. The molecule has 0 fully saturated rings. The Balaban J connectivity index is 1.74. The number of fused-ring (bicyclic) bond motifs is 1. The zero-order valence-electron chi connectivity index (χ0n) is 15.0. The number of methoxy groups -OCH3 is 1. The minimum absolute atomic E-state index is 0.0722. The quantitative estimate of drug-likeness (QED) is 0.440. The third kappa shape index (κ3) is 3.40. The molecule has 0 unspecified atom stereocenters. The molecule has 0 saturated carbocycles. The predicted octanol–water partition coefficient (Wildman–Crippen LogP) is 5.31. The third-order valence-corrected chi connectivity index (χ3v) is 4.71. The fourth-order valence-corrected chi connectivity index (χ4v) is 3.29. The van der Waals surface area contributed by atoms with Gasteiger partial charge < -0.3 is 20.1 Å². The highest BCUT2D eigenvalue weighted by molar-refractivity contribution is 6.31. The van der Waals surface area contributed by atoms with Crippen molar-refractivity contribution in [3.63, 3.8) is 0 Å². The summed E-state index contributed by atoms with van der Waals surface area (Å²) in [6.07, 6.45) is 0. The predicted molar refractivity (Wildman–Crippen MR) is 113 cm³/mol. The number of pyridine rings is 1. The number of anilines is 2. The minimum atomic E-state index is -0.381. The maximum Gasteiger partial charge on any atom is 0.260 e. The lowest BCUT2D eigenvalue weighted by atomic mass is 10.0. The van der Waals surface area contributed by atoms with E-state index in [-0.39, 0.29) is 16.9 Å². The number of aromatic hydroxyl groups is 1. The van der Waals surface area contributed by atoms with Crippen molar-refractivity contribution in [1.29, 1.82) is 0 Å². The zero-order valence-corrected chi connectivity index (χ0v) is 15.7. The summed E-state index contributed by atoms with van der Waals surface area (Å²) in [5, 5.41) is 15.0. The molecule has 6 heteroatoms. The molecule has 0 aliphatic rings. The number of aromatic nitrogens is 1. The van der Waals surface area contributed by atoms with Crippen molar-refractivity contribution < 1.29 is 9.84 Å². The Labute approximate surface area is 166 Å². The molecular formula is C22H17ClN2O3. The smallest absolute Gasteiger partial charge is 0.260 e. The molecule has 4 rings (SSSR count). The van der Waals surface area contributed by atoms with E-state index in [1.807, 2.05) is 42.5 Å². The van der Waals surface area contributed by atoms with E-state index >= 15 is 0 Å². The molecule has 3 N–H and O–H groups in total. The molecule has 0 amide bonds. The first-order valence-electron chi connectivity index (χ1n) is 8.61. The topological polar surface area (TPSA) is 74.3 Å². The first kappa shape index (κ1) is 17.9. The van der Waals surface area contributed by atoms with Crippen LogP contribution in [-0.2, 0) is 0 Å². The van der Waals surface area contributed by atoms with Crippen molar-refractivity contribution in [1.82, 2.24) is 4.98 Å². The minimum Gasteiger partial charge on any atom is -0.506 e. The van der Waals surface area contributed by atoms with E-state index in [2.05, 4.69) is 10.3 Å². The fourth-order valence-electron chi connectivity index (χ4n) is 3.11. The number of halogens is 1. The monoisotopic (exact) mass is 392 g/mol. The van der Waals surface area contributed by atoms with Crippen LogP contribution >= 0.6 is 11.6 Å². The summed E-state index contributed by atoms with van der Waals surface area (Å²) in [4.78, 5) is 15.4. The van der Waals surface area contributed by atoms with Gasteiger partial charge in [0.2, 0.25) is 0 Å². The molecule has 0 aliphatic carbocycles. The zero-order chi connectivity index (χ0) is 19.7. The van der Waals surface area contributed by atoms with Crippen LogP contribution in [0.4, 0.5) is 11.4 Å². The van der Waals surface area contributed by atoms with Crippen LogP contribution in [0.25, 0.3) is 22.0 Å². The summed E-state index contributed by atoms with van der Waals surface area (Å²) in [5.74, 6) is 0.698. The summed E-state index contributed by atoms with van der Waals surface area (Å²) in [6.45, 7) is 0. The van der Waals surface area contributed by atoms with E-state index in [4.69, 9.17) is 16.3 Å². The molecule has 0 bridgehead atoms. The SMILES string of the molecule is COc1ccc(Nc2cccc(-c3c(O)c4ccc(Cl)cc4[nH]c3=O)c2)cc1. The van der Waals surface area contributed by atoms with Gasteiger partial charge in [-0.3, -0.25) is 4.79 Å². The molecule has 28 heavy (non-hydrogen) atoms. The Bertz CT molecular complexity index is 1220. The van der Waals surface area contributed by atoms with Gasteiger partial charge in [-0.25, -0.2) is 0 Å². The number of hydrogen-bond donors (Lipinski definition) is 3. The van der Waals surface area contributed by atoms with Gasteiger partial charge in [-0.15, -0.1) is 0 Å². The molecule has 140 valence electrons. The van der Waals surface area contributed by atoms with Crippen molar-refractivity contribution in [2.45, 2.75) is 0 Å². The van der Waals surface area contributed by atoms with E-state index < -0.39 is 0 Å². The molecule has 0 saturated heterocycles. The molecule has 1 aromatic heterocycles. The van der Waals surface area contributed by atoms with Gasteiger partial charge in [-0.2, -0.15) is 0 Å². The summed E-state index contributed by atoms with van der Waals surface area (Å²) in [5.41, 5.74) is 2.60. The van der Waals surface area contributed by atoms with Gasteiger partial charge >= 0.3 is 0 Å². The standard InChI is InChI=1S/C22H17ClN2O3/c1-28-17-8-6-15(7-9-17)24-16-4-2-3-13(11-16)20-21(26)18-10-5-14(23)12-19(18)25-22(20)27/h2-12,24H,1H3,(H2,25,26,27). The molecule has 4 aromatic rings. The normalized spacial score (nSPS) is 10.8. The summed E-state index contributed by atoms with van der Waals surface area (Å²) in [6, 6.07) is 19.8. The second-order valence-electron chi connectivity index (χ2n) is 6.30. The van der Waals surface area contributed by atoms with E-state index in [1.54, 1.807) is 31.4 Å². The highest BCUT2D eigenvalue weighted by atomic mass is 35.5. The van der Waals surface area contributed by atoms with Crippen LogP contribution < -0.4 is 15.6 Å². The van der Waals surface area contributed by atoms with Crippen molar-refractivity contribution in [3.8, 4) is 22.6 Å². The van der Waals surface area contributed by atoms with Crippen LogP contribution in [0.2, 0.25) is 5.02 Å². The number of ether oxygens (including phenoxy) is 1. The van der Waals surface area contributed by atoms with Crippen molar-refractivity contribution >= 4 is 33.9 Å². The summed E-state index contributed by atoms with van der Waals surface area (Å²) in [7, 11) is 1.62. The Morgan fingerprint density at radius 3 is 2.54 bits per heavy atom. The lowest BCUT2D eigenvalue weighted by molar-refractivity contribution is 0.415. The van der Waals surface area contributed by atoms with Crippen molar-refractivity contribution in [2.24, 2.45) is 0 Å². The molecule has 0 aliphatic heterocycles. The van der Waals surface area contributed by atoms with Crippen LogP contribution in [0.1, 0.15) is 0 Å². The average Bonchev–Trinajstić information content (AvgIpc) is 2.68. The van der Waals surface area contributed by atoms with Gasteiger partial charge in [0.15, 0.2) is 0 Å². The molecule has 1 heterocycles. The fraction of sp³-hybridized carbons (Fsp3) is 0.0455. The molecule has 5 nitrogen and oxygen atoms in total. The Hall–Kier alpha value is -3.44. The lowest BCUT2D eigenvalue weighted by Gasteiger charge is -2.11. The number of rotatable bonds is 4. The summed E-state index contributed by atoms with van der Waals surface area (Å²) >= 11 is 5.98. The number of benzene rings is 3. The average molecular weight is 393 g/mol. The van der Waals surface area contributed by atoms with Crippen LogP contribution in [0.15, 0.2) is 71.5 Å². The first-order valence-corrected chi connectivity index (χ1v) is 8.99. The van der Waals surface area contributed by atoms with E-state index in [0.717, 1.165) is 17.1 Å². The highest BCUT2D eigenvalue weighted by Crippen LogP contribution is 2.34. The Morgan fingerprint density at radius 1 is 1.00 bits per heavy atom. The molecule has 0 atom stereocenters. The number of H-pyrrole nitrogens is 1. The van der Waals surface area contributed by atoms with E-state index in [9.17, 15) is 9.90 Å². The van der Waals surface area contributed by atoms with Crippen molar-refractivity contribution in [3.05, 3.63) is 82.1 Å². The largest absolute Gasteiger partial charge is 0.506 e. The Morgan fingerprint density at radius 2 is 1.79 bits per heavy atom. The Kier molecular flexibility index (Phi) is 4.67. The van der Waals surface area contributed by atoms with E-state index in [1.165, 1.54) is 0 Å². The second kappa shape index (κ2) is 7.29. The van der Waals surface area contributed by atoms with Gasteiger partial charge in [0.1, 0.15) is 11.5 Å². The van der Waals surface area contributed by atoms with Crippen LogP contribution in [0, 0.1) is 0 Å². The van der Waals surface area contributed by atoms with Crippen molar-refractivity contribution in [2.75, 3.05) is 12.4 Å². The van der Waals surface area contributed by atoms with Gasteiger partial charge in [0.25, 0.3) is 5.56 Å². The van der Waals surface area contributed by atoms with Gasteiger partial charge in [0, 0.05) is 21.8 Å². The van der Waals surface area contributed by atoms with Gasteiger partial charge in [-0.1, -0.05) is 23.7 Å². The molecule has 0 spiro atoms.